The molecule has 31 heavy (non-hydrogen) atoms. The number of nitrogens with two attached hydrogens (primary N) is 1. The lowest BCUT2D eigenvalue weighted by molar-refractivity contribution is 0.379. The van der Waals surface area contributed by atoms with Gasteiger partial charge in [0.15, 0.2) is 0 Å². The molecule has 2 aromatic carbocycles. The molecule has 4 rings (SSSR count). The van der Waals surface area contributed by atoms with Gasteiger partial charge >= 0.3 is 0 Å². The van der Waals surface area contributed by atoms with Gasteiger partial charge in [0.1, 0.15) is 17.4 Å². The van der Waals surface area contributed by atoms with Crippen LogP contribution in [0.2, 0.25) is 0 Å². The molecule has 7 heteroatoms. The zero-order valence-corrected chi connectivity index (χ0v) is 17.8. The monoisotopic (exact) mass is 415 g/mol. The fraction of sp³-hybridized carbons (Fsp3) is 0.250. The number of fused-ring (bicyclic) bond motifs is 1. The number of allylic oxidation sites excluding steroid dienone is 1. The molecule has 0 radical (unpaired) electrons. The quantitative estimate of drug-likeness (QED) is 0.627. The number of hydrogen-bond donors (Lipinski definition) is 2. The second-order valence-electron chi connectivity index (χ2n) is 7.23. The lowest BCUT2D eigenvalue weighted by atomic mass is 9.83. The van der Waals surface area contributed by atoms with Crippen molar-refractivity contribution in [3.8, 4) is 29.0 Å². The minimum atomic E-state index is -0.379. The number of nitrogens with one attached hydrogen (secondary N) is 1. The highest BCUT2D eigenvalue weighted by molar-refractivity contribution is 5.71. The summed E-state index contributed by atoms with van der Waals surface area (Å²) < 4.78 is 11.0. The van der Waals surface area contributed by atoms with Crippen molar-refractivity contribution in [1.29, 1.82) is 5.26 Å². The van der Waals surface area contributed by atoms with Gasteiger partial charge in [-0.1, -0.05) is 12.1 Å². The number of ether oxygens (including phenoxy) is 2. The first-order valence-electron chi connectivity index (χ1n) is 10.3. The molecule has 3 N–H and O–H groups in total. The number of rotatable bonds is 6. The summed E-state index contributed by atoms with van der Waals surface area (Å²) >= 11 is 0. The number of methoxy groups -OCH3 is 1. The Hall–Kier alpha value is -3.92. The third-order valence-corrected chi connectivity index (χ3v) is 5.67. The summed E-state index contributed by atoms with van der Waals surface area (Å²) in [5.74, 6) is 0.856. The lowest BCUT2D eigenvalue weighted by Crippen LogP contribution is -2.22. The van der Waals surface area contributed by atoms with Gasteiger partial charge in [-0.15, -0.1) is 5.10 Å². The number of H-pyrrole nitrogens is 1. The average molecular weight is 415 g/mol. The van der Waals surface area contributed by atoms with Crippen LogP contribution in [0.1, 0.15) is 30.9 Å². The molecule has 0 amide bonds. The number of hydrogen-bond acceptors (Lipinski definition) is 6. The summed E-state index contributed by atoms with van der Waals surface area (Å²) in [5, 5.41) is 17.3. The highest BCUT2D eigenvalue weighted by atomic mass is 16.5. The lowest BCUT2D eigenvalue weighted by Gasteiger charge is -2.25. The number of aromatic amines is 1. The molecule has 3 aromatic rings. The summed E-state index contributed by atoms with van der Waals surface area (Å²) in [5.41, 5.74) is 11.1. The van der Waals surface area contributed by atoms with Crippen LogP contribution >= 0.6 is 0 Å². The third-order valence-electron chi connectivity index (χ3n) is 5.67. The van der Waals surface area contributed by atoms with Gasteiger partial charge < -0.3 is 20.1 Å². The zero-order chi connectivity index (χ0) is 22.0. The normalized spacial score (nSPS) is 15.1. The van der Waals surface area contributed by atoms with Crippen LogP contribution in [0.25, 0.3) is 11.3 Å². The van der Waals surface area contributed by atoms with E-state index < -0.39 is 0 Å². The number of anilines is 1. The molecule has 0 fully saturated rings. The van der Waals surface area contributed by atoms with E-state index in [1.54, 1.807) is 7.11 Å². The van der Waals surface area contributed by atoms with E-state index in [0.717, 1.165) is 46.9 Å². The van der Waals surface area contributed by atoms with E-state index >= 15 is 0 Å². The van der Waals surface area contributed by atoms with Gasteiger partial charge in [0, 0.05) is 24.3 Å². The maximum Gasteiger partial charge on any atom is 0.244 e. The minimum absolute atomic E-state index is 0.0839. The van der Waals surface area contributed by atoms with Crippen LogP contribution in [0, 0.1) is 11.3 Å². The molecule has 2 heterocycles. The average Bonchev–Trinajstić information content (AvgIpc) is 3.22. The third kappa shape index (κ3) is 3.57. The highest BCUT2D eigenvalue weighted by Gasteiger charge is 2.35. The van der Waals surface area contributed by atoms with E-state index in [1.807, 2.05) is 36.4 Å². The molecule has 0 saturated heterocycles. The van der Waals surface area contributed by atoms with E-state index in [0.29, 0.717) is 11.5 Å². The summed E-state index contributed by atoms with van der Waals surface area (Å²) in [6.07, 6.45) is 0. The predicted octanol–water partition coefficient (Wildman–Crippen LogP) is 4.15. The molecule has 0 unspecified atom stereocenters. The van der Waals surface area contributed by atoms with Gasteiger partial charge in [-0.3, -0.25) is 5.10 Å². The second kappa shape index (κ2) is 8.44. The van der Waals surface area contributed by atoms with Gasteiger partial charge in [0.2, 0.25) is 11.8 Å². The standard InChI is InChI=1S/C24H25N5O2/c1-4-29(5-2)17-10-6-15(7-11-17)20-19(14-25)23(26)31-24-21(20)22(27-28-24)16-8-12-18(30-3)13-9-16/h6-13,20H,4-5,26H2,1-3H3,(H,27,28)/t20-/m0/s1. The highest BCUT2D eigenvalue weighted by Crippen LogP contribution is 2.45. The van der Waals surface area contributed by atoms with Crippen molar-refractivity contribution in [2.75, 3.05) is 25.1 Å². The fourth-order valence-corrected chi connectivity index (χ4v) is 4.02. The molecule has 0 bridgehead atoms. The summed E-state index contributed by atoms with van der Waals surface area (Å²) in [4.78, 5) is 2.27. The van der Waals surface area contributed by atoms with Gasteiger partial charge in [-0.25, -0.2) is 0 Å². The van der Waals surface area contributed by atoms with Gasteiger partial charge in [0.25, 0.3) is 0 Å². The van der Waals surface area contributed by atoms with Crippen LogP contribution in [-0.4, -0.2) is 30.4 Å². The molecule has 158 valence electrons. The summed E-state index contributed by atoms with van der Waals surface area (Å²) in [6, 6.07) is 18.2. The summed E-state index contributed by atoms with van der Waals surface area (Å²) in [6.45, 7) is 6.12. The maximum absolute atomic E-state index is 9.88. The Balaban J connectivity index is 1.82. The number of nitriles is 1. The maximum atomic E-state index is 9.88. The Morgan fingerprint density at radius 2 is 1.81 bits per heavy atom. The van der Waals surface area contributed by atoms with E-state index in [9.17, 15) is 5.26 Å². The van der Waals surface area contributed by atoms with Crippen molar-refractivity contribution in [2.45, 2.75) is 19.8 Å². The van der Waals surface area contributed by atoms with E-state index in [-0.39, 0.29) is 11.8 Å². The van der Waals surface area contributed by atoms with E-state index in [1.165, 1.54) is 0 Å². The number of aromatic nitrogens is 2. The first kappa shape index (κ1) is 20.4. The number of benzene rings is 2. The predicted molar refractivity (Wildman–Crippen MR) is 120 cm³/mol. The molecule has 7 nitrogen and oxygen atoms in total. The molecule has 1 aromatic heterocycles. The Kier molecular flexibility index (Phi) is 5.54. The van der Waals surface area contributed by atoms with Crippen LogP contribution < -0.4 is 20.1 Å². The van der Waals surface area contributed by atoms with E-state index in [2.05, 4.69) is 47.1 Å². The summed E-state index contributed by atoms with van der Waals surface area (Å²) in [7, 11) is 1.63. The Labute approximate surface area is 181 Å². The van der Waals surface area contributed by atoms with Crippen molar-refractivity contribution in [1.82, 2.24) is 10.2 Å². The Morgan fingerprint density at radius 3 is 2.39 bits per heavy atom. The smallest absolute Gasteiger partial charge is 0.244 e. The van der Waals surface area contributed by atoms with Crippen LogP contribution in [0.5, 0.6) is 11.6 Å². The fourth-order valence-electron chi connectivity index (χ4n) is 4.02. The van der Waals surface area contributed by atoms with Crippen molar-refractivity contribution >= 4 is 5.69 Å². The molecule has 0 aliphatic carbocycles. The molecule has 1 aliphatic heterocycles. The molecular formula is C24H25N5O2. The van der Waals surface area contributed by atoms with Crippen molar-refractivity contribution in [2.24, 2.45) is 5.73 Å². The molecule has 0 saturated carbocycles. The molecule has 1 aliphatic rings. The van der Waals surface area contributed by atoms with Crippen molar-refractivity contribution < 1.29 is 9.47 Å². The SMILES string of the molecule is CCN(CC)c1ccc([C@H]2C(C#N)=C(N)Oc3n[nH]c(-c4ccc(OC)cc4)c32)cc1. The van der Waals surface area contributed by atoms with Crippen LogP contribution in [0.4, 0.5) is 5.69 Å². The molecule has 1 atom stereocenters. The van der Waals surface area contributed by atoms with Crippen molar-refractivity contribution in [3.63, 3.8) is 0 Å². The second-order valence-corrected chi connectivity index (χ2v) is 7.23. The van der Waals surface area contributed by atoms with Gasteiger partial charge in [-0.2, -0.15) is 5.26 Å². The van der Waals surface area contributed by atoms with Crippen molar-refractivity contribution in [3.05, 3.63) is 71.1 Å². The van der Waals surface area contributed by atoms with Crippen LogP contribution in [0.15, 0.2) is 60.0 Å². The van der Waals surface area contributed by atoms with Gasteiger partial charge in [-0.05, 0) is 55.8 Å². The Bertz CT molecular complexity index is 1140. The van der Waals surface area contributed by atoms with E-state index in [4.69, 9.17) is 15.2 Å². The molecular weight excluding hydrogens is 390 g/mol. The largest absolute Gasteiger partial charge is 0.497 e. The first-order valence-corrected chi connectivity index (χ1v) is 10.3. The zero-order valence-electron chi connectivity index (χ0n) is 17.8. The van der Waals surface area contributed by atoms with Crippen LogP contribution in [-0.2, 0) is 0 Å². The minimum Gasteiger partial charge on any atom is -0.497 e. The Morgan fingerprint density at radius 1 is 1.13 bits per heavy atom. The van der Waals surface area contributed by atoms with Gasteiger partial charge in [0.05, 0.1) is 24.3 Å². The molecule has 0 spiro atoms. The first-order chi connectivity index (χ1) is 15.1. The van der Waals surface area contributed by atoms with Crippen LogP contribution in [0.3, 0.4) is 0 Å². The number of nitrogens with zero attached hydrogens (tertiary/aromatic N) is 3. The topological polar surface area (TPSA) is 100 Å².